The van der Waals surface area contributed by atoms with Crippen molar-refractivity contribution in [1.82, 2.24) is 5.32 Å². The van der Waals surface area contributed by atoms with Crippen molar-refractivity contribution in [3.05, 3.63) is 77.4 Å². The average molecular weight is 293 g/mol. The van der Waals surface area contributed by atoms with E-state index in [1.54, 1.807) is 18.2 Å². The minimum absolute atomic E-state index is 0.0508. The number of aliphatic hydroxyl groups excluding tert-OH is 1. The Hall–Kier alpha value is -2.39. The molecule has 3 rings (SSSR count). The Morgan fingerprint density at radius 1 is 1.09 bits per heavy atom. The number of rotatable bonds is 2. The van der Waals surface area contributed by atoms with Gasteiger partial charge in [-0.25, -0.2) is 0 Å². The van der Waals surface area contributed by atoms with Crippen molar-refractivity contribution in [2.75, 3.05) is 0 Å². The van der Waals surface area contributed by atoms with Gasteiger partial charge in [0.1, 0.15) is 6.10 Å². The predicted molar refractivity (Wildman–Crippen MR) is 87.4 cm³/mol. The van der Waals surface area contributed by atoms with Crippen LogP contribution in [0.1, 0.15) is 41.4 Å². The summed E-state index contributed by atoms with van der Waals surface area (Å²) < 4.78 is 0. The van der Waals surface area contributed by atoms with E-state index in [9.17, 15) is 9.90 Å². The quantitative estimate of drug-likeness (QED) is 0.659. The number of hydrogen-bond acceptors (Lipinski definition) is 3. The second-order valence-electron chi connectivity index (χ2n) is 6.12. The van der Waals surface area contributed by atoms with Crippen LogP contribution in [0.15, 0.2) is 60.7 Å². The first-order valence-corrected chi connectivity index (χ1v) is 7.36. The summed E-state index contributed by atoms with van der Waals surface area (Å²) in [6.45, 7) is 3.85. The fourth-order valence-corrected chi connectivity index (χ4v) is 2.78. The van der Waals surface area contributed by atoms with E-state index in [0.29, 0.717) is 5.56 Å². The van der Waals surface area contributed by atoms with Gasteiger partial charge in [0.2, 0.25) is 0 Å². The number of carbonyl (C=O) groups excluding carboxylic acids is 1. The highest BCUT2D eigenvalue weighted by Gasteiger charge is 2.36. The molecule has 2 aromatic rings. The topological polar surface area (TPSA) is 49.3 Å². The standard InChI is InChI=1S/C19H19NO2/c1-19(2)18(22)15-11-7-6-10-14(15)16(20-19)12-17(21)13-8-4-3-5-9-13/h3-12,18,20,22H,1-2H3. The van der Waals surface area contributed by atoms with E-state index in [2.05, 4.69) is 5.32 Å². The van der Waals surface area contributed by atoms with Crippen molar-refractivity contribution in [2.45, 2.75) is 25.5 Å². The number of fused-ring (bicyclic) bond motifs is 1. The molecular formula is C19H19NO2. The Morgan fingerprint density at radius 2 is 1.73 bits per heavy atom. The van der Waals surface area contributed by atoms with Gasteiger partial charge in [-0.1, -0.05) is 54.6 Å². The van der Waals surface area contributed by atoms with Crippen molar-refractivity contribution in [3.63, 3.8) is 0 Å². The van der Waals surface area contributed by atoms with Crippen molar-refractivity contribution in [1.29, 1.82) is 0 Å². The third-order valence-corrected chi connectivity index (χ3v) is 4.02. The maximum atomic E-state index is 12.4. The van der Waals surface area contributed by atoms with Crippen LogP contribution < -0.4 is 5.32 Å². The molecule has 1 atom stereocenters. The highest BCUT2D eigenvalue weighted by atomic mass is 16.3. The molecule has 0 saturated heterocycles. The molecule has 0 aromatic heterocycles. The van der Waals surface area contributed by atoms with Crippen LogP contribution >= 0.6 is 0 Å². The van der Waals surface area contributed by atoms with Gasteiger partial charge in [0.05, 0.1) is 5.54 Å². The Morgan fingerprint density at radius 3 is 2.45 bits per heavy atom. The first-order chi connectivity index (χ1) is 10.5. The third-order valence-electron chi connectivity index (χ3n) is 4.02. The number of aliphatic hydroxyl groups is 1. The third kappa shape index (κ3) is 2.55. The molecule has 2 aromatic carbocycles. The van der Waals surface area contributed by atoms with Gasteiger partial charge in [-0.05, 0) is 19.4 Å². The van der Waals surface area contributed by atoms with Crippen LogP contribution in [-0.4, -0.2) is 16.4 Å². The second kappa shape index (κ2) is 5.43. The van der Waals surface area contributed by atoms with Crippen LogP contribution in [0.5, 0.6) is 0 Å². The Balaban J connectivity index is 2.05. The molecule has 1 unspecified atom stereocenters. The van der Waals surface area contributed by atoms with E-state index in [4.69, 9.17) is 0 Å². The van der Waals surface area contributed by atoms with Crippen LogP contribution in [0.25, 0.3) is 5.70 Å². The van der Waals surface area contributed by atoms with Gasteiger partial charge in [-0.3, -0.25) is 4.79 Å². The zero-order chi connectivity index (χ0) is 15.7. The van der Waals surface area contributed by atoms with Crippen LogP contribution in [-0.2, 0) is 0 Å². The molecule has 0 saturated carbocycles. The van der Waals surface area contributed by atoms with E-state index >= 15 is 0 Å². The molecule has 1 aliphatic heterocycles. The van der Waals surface area contributed by atoms with E-state index in [0.717, 1.165) is 16.8 Å². The molecular weight excluding hydrogens is 274 g/mol. The Kier molecular flexibility index (Phi) is 3.59. The molecule has 0 aliphatic carbocycles. The molecule has 112 valence electrons. The zero-order valence-electron chi connectivity index (χ0n) is 12.7. The number of carbonyl (C=O) groups is 1. The average Bonchev–Trinajstić information content (AvgIpc) is 2.53. The summed E-state index contributed by atoms with van der Waals surface area (Å²) in [4.78, 5) is 12.4. The van der Waals surface area contributed by atoms with Crippen LogP contribution in [0.3, 0.4) is 0 Å². The van der Waals surface area contributed by atoms with Crippen molar-refractivity contribution < 1.29 is 9.90 Å². The number of benzene rings is 2. The maximum absolute atomic E-state index is 12.4. The summed E-state index contributed by atoms with van der Waals surface area (Å²) in [5.74, 6) is -0.0508. The fourth-order valence-electron chi connectivity index (χ4n) is 2.78. The lowest BCUT2D eigenvalue weighted by atomic mass is 9.83. The Labute approximate surface area is 130 Å². The van der Waals surface area contributed by atoms with Crippen molar-refractivity contribution in [3.8, 4) is 0 Å². The van der Waals surface area contributed by atoms with Crippen LogP contribution in [0, 0.1) is 0 Å². The molecule has 3 heteroatoms. The number of nitrogens with one attached hydrogen (secondary N) is 1. The first kappa shape index (κ1) is 14.5. The normalized spacial score (nSPS) is 21.0. The molecule has 22 heavy (non-hydrogen) atoms. The van der Waals surface area contributed by atoms with E-state index in [1.165, 1.54) is 0 Å². The van der Waals surface area contributed by atoms with Gasteiger partial charge in [0, 0.05) is 22.9 Å². The van der Waals surface area contributed by atoms with Gasteiger partial charge in [-0.2, -0.15) is 0 Å². The van der Waals surface area contributed by atoms with Gasteiger partial charge >= 0.3 is 0 Å². The minimum atomic E-state index is -0.618. The van der Waals surface area contributed by atoms with Crippen LogP contribution in [0.4, 0.5) is 0 Å². The summed E-state index contributed by atoms with van der Waals surface area (Å²) in [5.41, 5.74) is 2.59. The summed E-state index contributed by atoms with van der Waals surface area (Å²) in [7, 11) is 0. The lowest BCUT2D eigenvalue weighted by Crippen LogP contribution is -2.47. The van der Waals surface area contributed by atoms with Gasteiger partial charge in [0.25, 0.3) is 0 Å². The van der Waals surface area contributed by atoms with Gasteiger partial charge in [0.15, 0.2) is 5.78 Å². The summed E-state index contributed by atoms with van der Waals surface area (Å²) in [6.07, 6.45) is 0.995. The fraction of sp³-hybridized carbons (Fsp3) is 0.211. The minimum Gasteiger partial charge on any atom is -0.386 e. The molecule has 0 bridgehead atoms. The SMILES string of the molecule is CC1(C)NC(=CC(=O)c2ccccc2)c2ccccc2C1O. The van der Waals surface area contributed by atoms with Gasteiger partial charge in [-0.15, -0.1) is 0 Å². The summed E-state index contributed by atoms with van der Waals surface area (Å²) in [5, 5.41) is 13.8. The predicted octanol–water partition coefficient (Wildman–Crippen LogP) is 3.33. The largest absolute Gasteiger partial charge is 0.386 e. The summed E-state index contributed by atoms with van der Waals surface area (Å²) in [6, 6.07) is 16.8. The van der Waals surface area contributed by atoms with Crippen molar-refractivity contribution in [2.24, 2.45) is 0 Å². The molecule has 2 N–H and O–H groups in total. The highest BCUT2D eigenvalue weighted by molar-refractivity contribution is 6.08. The molecule has 1 heterocycles. The second-order valence-corrected chi connectivity index (χ2v) is 6.12. The monoisotopic (exact) mass is 293 g/mol. The highest BCUT2D eigenvalue weighted by Crippen LogP contribution is 2.37. The molecule has 0 spiro atoms. The van der Waals surface area contributed by atoms with Crippen LogP contribution in [0.2, 0.25) is 0 Å². The molecule has 3 nitrogen and oxygen atoms in total. The summed E-state index contributed by atoms with van der Waals surface area (Å²) >= 11 is 0. The van der Waals surface area contributed by atoms with Gasteiger partial charge < -0.3 is 10.4 Å². The molecule has 0 radical (unpaired) electrons. The first-order valence-electron chi connectivity index (χ1n) is 7.36. The van der Waals surface area contributed by atoms with E-state index < -0.39 is 11.6 Å². The zero-order valence-corrected chi connectivity index (χ0v) is 12.7. The lowest BCUT2D eigenvalue weighted by Gasteiger charge is -2.40. The molecule has 0 amide bonds. The number of hydrogen-bond donors (Lipinski definition) is 2. The van der Waals surface area contributed by atoms with E-state index in [1.807, 2.05) is 56.3 Å². The molecule has 0 fully saturated rings. The van der Waals surface area contributed by atoms with Crippen molar-refractivity contribution >= 4 is 11.5 Å². The Bertz CT molecular complexity index is 732. The number of allylic oxidation sites excluding steroid dienone is 1. The number of ketones is 1. The smallest absolute Gasteiger partial charge is 0.187 e. The molecule has 1 aliphatic rings. The van der Waals surface area contributed by atoms with E-state index in [-0.39, 0.29) is 5.78 Å². The lowest BCUT2D eigenvalue weighted by molar-refractivity contribution is 0.0853. The maximum Gasteiger partial charge on any atom is 0.187 e.